The van der Waals surface area contributed by atoms with Gasteiger partial charge in [-0.1, -0.05) is 6.42 Å². The fraction of sp³-hybridized carbons (Fsp3) is 0.938. The number of ether oxygens (including phenoxy) is 1. The van der Waals surface area contributed by atoms with Crippen LogP contribution in [0.3, 0.4) is 0 Å². The number of nitrogens with two attached hydrogens (primary N) is 1. The van der Waals surface area contributed by atoms with Crippen molar-refractivity contribution in [3.05, 3.63) is 0 Å². The average molecular weight is 295 g/mol. The summed E-state index contributed by atoms with van der Waals surface area (Å²) in [6.07, 6.45) is 6.51. The number of carbonyl (C=O) groups excluding carboxylic acids is 1. The SMILES string of the molecule is NC1(C(=O)N2CCC(CN3CCCCC3)C2)CCOCC1. The third kappa shape index (κ3) is 3.58. The Morgan fingerprint density at radius 1 is 1.14 bits per heavy atom. The molecule has 5 nitrogen and oxygen atoms in total. The predicted molar refractivity (Wildman–Crippen MR) is 81.9 cm³/mol. The molecule has 1 unspecified atom stereocenters. The maximum atomic E-state index is 12.7. The van der Waals surface area contributed by atoms with Crippen LogP contribution < -0.4 is 5.73 Å². The molecule has 2 N–H and O–H groups in total. The van der Waals surface area contributed by atoms with Crippen LogP contribution in [0.2, 0.25) is 0 Å². The molecular formula is C16H29N3O2. The van der Waals surface area contributed by atoms with E-state index < -0.39 is 5.54 Å². The monoisotopic (exact) mass is 295 g/mol. The lowest BCUT2D eigenvalue weighted by Crippen LogP contribution is -2.57. The summed E-state index contributed by atoms with van der Waals surface area (Å²) in [6, 6.07) is 0. The van der Waals surface area contributed by atoms with Crippen molar-refractivity contribution >= 4 is 5.91 Å². The highest BCUT2D eigenvalue weighted by molar-refractivity contribution is 5.86. The first-order valence-electron chi connectivity index (χ1n) is 8.56. The minimum absolute atomic E-state index is 0.159. The van der Waals surface area contributed by atoms with Crippen LogP contribution in [-0.2, 0) is 9.53 Å². The minimum atomic E-state index is -0.668. The van der Waals surface area contributed by atoms with E-state index in [0.29, 0.717) is 32.0 Å². The van der Waals surface area contributed by atoms with E-state index >= 15 is 0 Å². The zero-order valence-corrected chi connectivity index (χ0v) is 13.1. The number of carbonyl (C=O) groups is 1. The molecule has 0 aromatic carbocycles. The van der Waals surface area contributed by atoms with Crippen molar-refractivity contribution in [1.29, 1.82) is 0 Å². The Labute approximate surface area is 127 Å². The average Bonchev–Trinajstić information content (AvgIpc) is 2.96. The zero-order valence-electron chi connectivity index (χ0n) is 13.1. The predicted octanol–water partition coefficient (Wildman–Crippen LogP) is 0.829. The summed E-state index contributed by atoms with van der Waals surface area (Å²) < 4.78 is 5.34. The first-order chi connectivity index (χ1) is 10.2. The zero-order chi connectivity index (χ0) is 14.7. The first-order valence-corrected chi connectivity index (χ1v) is 8.56. The Hall–Kier alpha value is -0.650. The lowest BCUT2D eigenvalue weighted by molar-refractivity contribution is -0.139. The molecule has 0 aromatic rings. The van der Waals surface area contributed by atoms with Gasteiger partial charge in [0, 0.05) is 32.8 Å². The molecule has 3 saturated heterocycles. The van der Waals surface area contributed by atoms with E-state index in [4.69, 9.17) is 10.5 Å². The van der Waals surface area contributed by atoms with E-state index in [2.05, 4.69) is 4.90 Å². The number of amides is 1. The highest BCUT2D eigenvalue weighted by Crippen LogP contribution is 2.26. The lowest BCUT2D eigenvalue weighted by atomic mass is 9.90. The van der Waals surface area contributed by atoms with Gasteiger partial charge in [-0.15, -0.1) is 0 Å². The van der Waals surface area contributed by atoms with Gasteiger partial charge < -0.3 is 20.3 Å². The van der Waals surface area contributed by atoms with Crippen molar-refractivity contribution in [1.82, 2.24) is 9.80 Å². The molecule has 0 saturated carbocycles. The molecule has 0 spiro atoms. The van der Waals surface area contributed by atoms with Gasteiger partial charge in [-0.2, -0.15) is 0 Å². The second kappa shape index (κ2) is 6.63. The third-order valence-electron chi connectivity index (χ3n) is 5.35. The molecule has 0 aromatic heterocycles. The Bertz CT molecular complexity index is 363. The highest BCUT2D eigenvalue weighted by Gasteiger charge is 2.41. The molecule has 5 heteroatoms. The van der Waals surface area contributed by atoms with Gasteiger partial charge in [0.05, 0.1) is 5.54 Å². The number of hydrogen-bond donors (Lipinski definition) is 1. The van der Waals surface area contributed by atoms with Gasteiger partial charge in [0.25, 0.3) is 0 Å². The maximum absolute atomic E-state index is 12.7. The summed E-state index contributed by atoms with van der Waals surface area (Å²) in [4.78, 5) is 17.3. The second-order valence-corrected chi connectivity index (χ2v) is 7.04. The highest BCUT2D eigenvalue weighted by atomic mass is 16.5. The number of rotatable bonds is 3. The number of hydrogen-bond acceptors (Lipinski definition) is 4. The van der Waals surface area contributed by atoms with Gasteiger partial charge in [0.1, 0.15) is 0 Å². The van der Waals surface area contributed by atoms with Crippen molar-refractivity contribution in [3.63, 3.8) is 0 Å². The Balaban J connectivity index is 1.50. The van der Waals surface area contributed by atoms with Crippen molar-refractivity contribution in [2.45, 2.75) is 44.1 Å². The summed E-state index contributed by atoms with van der Waals surface area (Å²) in [5.41, 5.74) is 5.66. The molecule has 21 heavy (non-hydrogen) atoms. The molecule has 0 radical (unpaired) electrons. The van der Waals surface area contributed by atoms with Gasteiger partial charge in [-0.25, -0.2) is 0 Å². The molecule has 0 bridgehead atoms. The van der Waals surface area contributed by atoms with Crippen LogP contribution in [0.1, 0.15) is 38.5 Å². The fourth-order valence-electron chi connectivity index (χ4n) is 3.94. The molecule has 1 amide bonds. The van der Waals surface area contributed by atoms with Crippen LogP contribution in [0.15, 0.2) is 0 Å². The van der Waals surface area contributed by atoms with Crippen LogP contribution in [0.25, 0.3) is 0 Å². The van der Waals surface area contributed by atoms with Gasteiger partial charge in [0.15, 0.2) is 0 Å². The summed E-state index contributed by atoms with van der Waals surface area (Å²) in [5, 5.41) is 0. The van der Waals surface area contributed by atoms with Crippen molar-refractivity contribution in [3.8, 4) is 0 Å². The topological polar surface area (TPSA) is 58.8 Å². The molecule has 3 aliphatic heterocycles. The summed E-state index contributed by atoms with van der Waals surface area (Å²) in [5.74, 6) is 0.794. The lowest BCUT2D eigenvalue weighted by Gasteiger charge is -2.35. The van der Waals surface area contributed by atoms with Gasteiger partial charge in [0.2, 0.25) is 5.91 Å². The van der Waals surface area contributed by atoms with E-state index in [-0.39, 0.29) is 5.91 Å². The molecule has 1 atom stereocenters. The number of nitrogens with zero attached hydrogens (tertiary/aromatic N) is 2. The third-order valence-corrected chi connectivity index (χ3v) is 5.35. The summed E-state index contributed by atoms with van der Waals surface area (Å²) >= 11 is 0. The van der Waals surface area contributed by atoms with E-state index in [1.165, 1.54) is 32.4 Å². The maximum Gasteiger partial charge on any atom is 0.242 e. The Morgan fingerprint density at radius 2 is 1.86 bits per heavy atom. The molecule has 0 aliphatic carbocycles. The van der Waals surface area contributed by atoms with E-state index in [1.54, 1.807) is 0 Å². The minimum Gasteiger partial charge on any atom is -0.381 e. The molecule has 3 heterocycles. The number of likely N-dealkylation sites (tertiary alicyclic amines) is 2. The van der Waals surface area contributed by atoms with Crippen LogP contribution in [0.5, 0.6) is 0 Å². The normalized spacial score (nSPS) is 30.5. The summed E-state index contributed by atoms with van der Waals surface area (Å²) in [7, 11) is 0. The smallest absolute Gasteiger partial charge is 0.242 e. The van der Waals surface area contributed by atoms with Crippen molar-refractivity contribution < 1.29 is 9.53 Å². The van der Waals surface area contributed by atoms with Crippen LogP contribution >= 0.6 is 0 Å². The first kappa shape index (κ1) is 15.3. The Kier molecular flexibility index (Phi) is 4.82. The quantitative estimate of drug-likeness (QED) is 0.838. The standard InChI is InChI=1S/C16H29N3O2/c17-16(5-10-21-11-6-16)15(20)19-9-4-14(13-19)12-18-7-2-1-3-8-18/h14H,1-13,17H2. The van der Waals surface area contributed by atoms with Crippen LogP contribution in [-0.4, -0.2) is 67.2 Å². The van der Waals surface area contributed by atoms with E-state index in [0.717, 1.165) is 26.1 Å². The van der Waals surface area contributed by atoms with Crippen molar-refractivity contribution in [2.75, 3.05) is 45.9 Å². The van der Waals surface area contributed by atoms with Gasteiger partial charge in [-0.3, -0.25) is 4.79 Å². The second-order valence-electron chi connectivity index (χ2n) is 7.04. The molecule has 3 rings (SSSR count). The molecule has 3 aliphatic rings. The van der Waals surface area contributed by atoms with E-state index in [9.17, 15) is 4.79 Å². The van der Waals surface area contributed by atoms with Crippen LogP contribution in [0.4, 0.5) is 0 Å². The van der Waals surface area contributed by atoms with Gasteiger partial charge in [-0.05, 0) is 51.1 Å². The van der Waals surface area contributed by atoms with E-state index in [1.807, 2.05) is 4.90 Å². The van der Waals surface area contributed by atoms with Gasteiger partial charge >= 0.3 is 0 Å². The van der Waals surface area contributed by atoms with Crippen molar-refractivity contribution in [2.24, 2.45) is 11.7 Å². The van der Waals surface area contributed by atoms with Crippen LogP contribution in [0, 0.1) is 5.92 Å². The Morgan fingerprint density at radius 3 is 2.57 bits per heavy atom. The molecule has 3 fully saturated rings. The fourth-order valence-corrected chi connectivity index (χ4v) is 3.94. The largest absolute Gasteiger partial charge is 0.381 e. The summed E-state index contributed by atoms with van der Waals surface area (Å²) in [6.45, 7) is 6.66. The molecule has 120 valence electrons. The molecular weight excluding hydrogens is 266 g/mol. The number of piperidine rings is 1.